The van der Waals surface area contributed by atoms with Crippen molar-refractivity contribution >= 4 is 11.8 Å². The highest BCUT2D eigenvalue weighted by Gasteiger charge is 1.98. The molecule has 0 atom stereocenters. The Morgan fingerprint density at radius 2 is 2.11 bits per heavy atom. The topological polar surface area (TPSA) is 76.8 Å². The van der Waals surface area contributed by atoms with Gasteiger partial charge in [0.2, 0.25) is 0 Å². The fraction of sp³-hybridized carbons (Fsp3) is 0.333. The molecule has 0 aliphatic rings. The van der Waals surface area contributed by atoms with Gasteiger partial charge in [0, 0.05) is 5.75 Å². The van der Waals surface area contributed by atoms with Crippen LogP contribution < -0.4 is 10.5 Å². The highest BCUT2D eigenvalue weighted by molar-refractivity contribution is 7.99. The summed E-state index contributed by atoms with van der Waals surface area (Å²) in [6.45, 7) is 1.32. The number of rotatable bonds is 7. The summed E-state index contributed by atoms with van der Waals surface area (Å²) in [5.74, 6) is 1.72. The minimum Gasteiger partial charge on any atom is -0.493 e. The zero-order valence-corrected chi connectivity index (χ0v) is 10.8. The van der Waals surface area contributed by atoms with Gasteiger partial charge in [0.15, 0.2) is 5.16 Å². The fourth-order valence-electron chi connectivity index (χ4n) is 1.48. The third kappa shape index (κ3) is 4.05. The summed E-state index contributed by atoms with van der Waals surface area (Å²) in [6.07, 6.45) is 2.40. The molecule has 18 heavy (non-hydrogen) atoms. The first-order valence-corrected chi connectivity index (χ1v) is 6.77. The Hall–Kier alpha value is -1.53. The molecule has 96 valence electrons. The summed E-state index contributed by atoms with van der Waals surface area (Å²) in [5.41, 5.74) is 6.73. The van der Waals surface area contributed by atoms with E-state index in [9.17, 15) is 0 Å². The summed E-state index contributed by atoms with van der Waals surface area (Å²) < 4.78 is 5.62. The number of nitrogens with zero attached hydrogens (tertiary/aromatic N) is 2. The number of aromatic nitrogens is 3. The third-order valence-electron chi connectivity index (χ3n) is 2.34. The largest absolute Gasteiger partial charge is 0.493 e. The van der Waals surface area contributed by atoms with E-state index in [0.29, 0.717) is 13.2 Å². The number of hydrogen-bond donors (Lipinski definition) is 2. The number of benzene rings is 1. The maximum atomic E-state index is 5.62. The molecule has 0 aliphatic carbocycles. The number of ether oxygens (including phenoxy) is 1. The summed E-state index contributed by atoms with van der Waals surface area (Å²) in [4.78, 5) is 4.02. The van der Waals surface area contributed by atoms with Crippen molar-refractivity contribution in [1.29, 1.82) is 0 Å². The lowest BCUT2D eigenvalue weighted by atomic mass is 10.1. The highest BCUT2D eigenvalue weighted by atomic mass is 32.2. The number of nitrogens with one attached hydrogen (secondary N) is 1. The standard InChI is InChI=1S/C12H16N4OS/c13-6-5-10-1-3-11(4-2-10)17-7-8-18-12-14-9-15-16-12/h1-4,9H,5-8,13H2,(H,14,15,16). The van der Waals surface area contributed by atoms with Crippen molar-refractivity contribution in [3.63, 3.8) is 0 Å². The van der Waals surface area contributed by atoms with Crippen LogP contribution in [-0.2, 0) is 6.42 Å². The second kappa shape index (κ2) is 7.03. The Balaban J connectivity index is 1.69. The molecule has 0 amide bonds. The monoisotopic (exact) mass is 264 g/mol. The van der Waals surface area contributed by atoms with Crippen molar-refractivity contribution in [1.82, 2.24) is 15.2 Å². The molecule has 2 rings (SSSR count). The second-order valence-electron chi connectivity index (χ2n) is 3.67. The van der Waals surface area contributed by atoms with Gasteiger partial charge in [-0.05, 0) is 30.7 Å². The number of hydrogen-bond acceptors (Lipinski definition) is 5. The molecule has 0 bridgehead atoms. The van der Waals surface area contributed by atoms with Gasteiger partial charge in [0.1, 0.15) is 12.1 Å². The molecular formula is C12H16N4OS. The number of nitrogens with two attached hydrogens (primary N) is 1. The molecule has 1 aromatic carbocycles. The lowest BCUT2D eigenvalue weighted by Gasteiger charge is -2.06. The Morgan fingerprint density at radius 3 is 2.78 bits per heavy atom. The van der Waals surface area contributed by atoms with E-state index < -0.39 is 0 Å². The minimum absolute atomic E-state index is 0.640. The smallest absolute Gasteiger partial charge is 0.183 e. The first-order chi connectivity index (χ1) is 8.88. The van der Waals surface area contributed by atoms with Gasteiger partial charge in [-0.1, -0.05) is 23.9 Å². The Labute approximate surface area is 110 Å². The Kier molecular flexibility index (Phi) is 5.04. The van der Waals surface area contributed by atoms with Crippen molar-refractivity contribution in [2.75, 3.05) is 18.9 Å². The van der Waals surface area contributed by atoms with Crippen molar-refractivity contribution in [2.24, 2.45) is 5.73 Å². The van der Waals surface area contributed by atoms with Crippen molar-refractivity contribution in [3.05, 3.63) is 36.2 Å². The zero-order valence-electron chi connectivity index (χ0n) is 10.0. The summed E-state index contributed by atoms with van der Waals surface area (Å²) in [5, 5.41) is 7.39. The number of thioether (sulfide) groups is 1. The molecular weight excluding hydrogens is 248 g/mol. The van der Waals surface area contributed by atoms with E-state index in [1.807, 2.05) is 24.3 Å². The first-order valence-electron chi connectivity index (χ1n) is 5.78. The number of aromatic amines is 1. The SMILES string of the molecule is NCCc1ccc(OCCSc2ncn[nH]2)cc1. The normalized spacial score (nSPS) is 10.5. The quantitative estimate of drug-likeness (QED) is 0.585. The van der Waals surface area contributed by atoms with Crippen LogP contribution in [0.1, 0.15) is 5.56 Å². The average molecular weight is 264 g/mol. The average Bonchev–Trinajstić information content (AvgIpc) is 2.90. The maximum Gasteiger partial charge on any atom is 0.183 e. The lowest BCUT2D eigenvalue weighted by molar-refractivity contribution is 0.344. The Bertz CT molecular complexity index is 444. The van der Waals surface area contributed by atoms with Crippen LogP contribution in [0.2, 0.25) is 0 Å². The first kappa shape index (κ1) is 12.9. The summed E-state index contributed by atoms with van der Waals surface area (Å²) in [7, 11) is 0. The van der Waals surface area contributed by atoms with Gasteiger partial charge in [-0.2, -0.15) is 5.10 Å². The van der Waals surface area contributed by atoms with E-state index in [0.717, 1.165) is 23.1 Å². The van der Waals surface area contributed by atoms with Gasteiger partial charge in [-0.25, -0.2) is 4.98 Å². The summed E-state index contributed by atoms with van der Waals surface area (Å²) >= 11 is 1.59. The van der Waals surface area contributed by atoms with Gasteiger partial charge < -0.3 is 10.5 Å². The van der Waals surface area contributed by atoms with Crippen LogP contribution in [0, 0.1) is 0 Å². The Morgan fingerprint density at radius 1 is 1.28 bits per heavy atom. The zero-order chi connectivity index (χ0) is 12.6. The fourth-order valence-corrected chi connectivity index (χ4v) is 2.08. The van der Waals surface area contributed by atoms with Crippen molar-refractivity contribution in [2.45, 2.75) is 11.6 Å². The molecule has 3 N–H and O–H groups in total. The van der Waals surface area contributed by atoms with Gasteiger partial charge in [0.05, 0.1) is 6.61 Å². The van der Waals surface area contributed by atoms with Crippen LogP contribution in [-0.4, -0.2) is 34.1 Å². The van der Waals surface area contributed by atoms with E-state index >= 15 is 0 Å². The van der Waals surface area contributed by atoms with Gasteiger partial charge >= 0.3 is 0 Å². The molecule has 1 aromatic heterocycles. The molecule has 2 aromatic rings. The van der Waals surface area contributed by atoms with Gasteiger partial charge in [-0.3, -0.25) is 5.10 Å². The molecule has 0 spiro atoms. The molecule has 1 heterocycles. The molecule has 5 nitrogen and oxygen atoms in total. The van der Waals surface area contributed by atoms with E-state index in [1.165, 1.54) is 11.9 Å². The number of H-pyrrole nitrogens is 1. The van der Waals surface area contributed by atoms with Crippen LogP contribution in [0.4, 0.5) is 0 Å². The molecule has 0 aliphatic heterocycles. The third-order valence-corrected chi connectivity index (χ3v) is 3.18. The molecule has 6 heteroatoms. The predicted molar refractivity (Wildman–Crippen MR) is 71.8 cm³/mol. The molecule has 0 radical (unpaired) electrons. The van der Waals surface area contributed by atoms with Crippen molar-refractivity contribution < 1.29 is 4.74 Å². The van der Waals surface area contributed by atoms with Crippen molar-refractivity contribution in [3.8, 4) is 5.75 Å². The highest BCUT2D eigenvalue weighted by Crippen LogP contribution is 2.14. The lowest BCUT2D eigenvalue weighted by Crippen LogP contribution is -2.03. The molecule has 0 fully saturated rings. The van der Waals surface area contributed by atoms with E-state index in [2.05, 4.69) is 15.2 Å². The molecule has 0 unspecified atom stereocenters. The summed E-state index contributed by atoms with van der Waals surface area (Å²) in [6, 6.07) is 8.05. The van der Waals surface area contributed by atoms with Crippen LogP contribution in [0.5, 0.6) is 5.75 Å². The van der Waals surface area contributed by atoms with Crippen LogP contribution in [0.25, 0.3) is 0 Å². The molecule has 0 saturated heterocycles. The predicted octanol–water partition coefficient (Wildman–Crippen LogP) is 1.48. The van der Waals surface area contributed by atoms with Gasteiger partial charge in [-0.15, -0.1) is 0 Å². The van der Waals surface area contributed by atoms with Crippen LogP contribution >= 0.6 is 11.8 Å². The van der Waals surface area contributed by atoms with E-state index in [1.54, 1.807) is 11.8 Å². The second-order valence-corrected chi connectivity index (χ2v) is 4.75. The van der Waals surface area contributed by atoms with Crippen LogP contribution in [0.15, 0.2) is 35.7 Å². The molecule has 0 saturated carbocycles. The minimum atomic E-state index is 0.640. The van der Waals surface area contributed by atoms with Gasteiger partial charge in [0.25, 0.3) is 0 Å². The van der Waals surface area contributed by atoms with Crippen LogP contribution in [0.3, 0.4) is 0 Å². The maximum absolute atomic E-state index is 5.62. The van der Waals surface area contributed by atoms with E-state index in [4.69, 9.17) is 10.5 Å². The van der Waals surface area contributed by atoms with E-state index in [-0.39, 0.29) is 0 Å².